The molecule has 1 aromatic carbocycles. The van der Waals surface area contributed by atoms with Gasteiger partial charge in [0, 0.05) is 12.6 Å². The van der Waals surface area contributed by atoms with E-state index in [0.29, 0.717) is 0 Å². The van der Waals surface area contributed by atoms with Crippen LogP contribution in [0.15, 0.2) is 12.1 Å². The Kier molecular flexibility index (Phi) is 3.11. The van der Waals surface area contributed by atoms with Crippen molar-refractivity contribution in [3.05, 3.63) is 34.4 Å². The standard InChI is InChI=1S/C14H21N/c1-10-7-12(3)13(8-11(10)2)9-15-14-5-4-6-14/h7-8,14-15H,4-6,9H2,1-3H3. The van der Waals surface area contributed by atoms with Gasteiger partial charge >= 0.3 is 0 Å². The SMILES string of the molecule is Cc1cc(C)c(CNC2CCC2)cc1C. The van der Waals surface area contributed by atoms with Gasteiger partial charge in [-0.05, 0) is 55.9 Å². The van der Waals surface area contributed by atoms with Crippen LogP contribution in [-0.4, -0.2) is 6.04 Å². The predicted molar refractivity (Wildman–Crippen MR) is 65.1 cm³/mol. The van der Waals surface area contributed by atoms with E-state index in [4.69, 9.17) is 0 Å². The lowest BCUT2D eigenvalue weighted by Crippen LogP contribution is -2.34. The second-order valence-electron chi connectivity index (χ2n) is 4.87. The molecule has 0 saturated heterocycles. The number of hydrogen-bond acceptors (Lipinski definition) is 1. The van der Waals surface area contributed by atoms with E-state index >= 15 is 0 Å². The largest absolute Gasteiger partial charge is 0.310 e. The molecule has 0 heterocycles. The number of rotatable bonds is 3. The molecule has 0 unspecified atom stereocenters. The van der Waals surface area contributed by atoms with Crippen molar-refractivity contribution in [2.45, 2.75) is 52.6 Å². The molecule has 15 heavy (non-hydrogen) atoms. The first kappa shape index (κ1) is 10.7. The molecule has 0 atom stereocenters. The molecule has 1 fully saturated rings. The normalized spacial score (nSPS) is 16.5. The molecule has 0 bridgehead atoms. The minimum atomic E-state index is 0.783. The second-order valence-corrected chi connectivity index (χ2v) is 4.87. The molecule has 0 radical (unpaired) electrons. The molecule has 1 aliphatic carbocycles. The molecule has 0 aromatic heterocycles. The molecular formula is C14H21N. The van der Waals surface area contributed by atoms with Gasteiger partial charge in [-0.15, -0.1) is 0 Å². The first-order valence-electron chi connectivity index (χ1n) is 5.97. The molecule has 82 valence electrons. The summed E-state index contributed by atoms with van der Waals surface area (Å²) < 4.78 is 0. The molecule has 1 nitrogen and oxygen atoms in total. The van der Waals surface area contributed by atoms with Crippen LogP contribution >= 0.6 is 0 Å². The van der Waals surface area contributed by atoms with Crippen LogP contribution in [0.3, 0.4) is 0 Å². The van der Waals surface area contributed by atoms with Crippen molar-refractivity contribution in [2.24, 2.45) is 0 Å². The summed E-state index contributed by atoms with van der Waals surface area (Å²) in [6, 6.07) is 5.41. The zero-order valence-electron chi connectivity index (χ0n) is 10.1. The minimum absolute atomic E-state index is 0.783. The second kappa shape index (κ2) is 4.36. The van der Waals surface area contributed by atoms with Crippen LogP contribution in [-0.2, 0) is 6.54 Å². The molecule has 1 aliphatic rings. The number of benzene rings is 1. The monoisotopic (exact) mass is 203 g/mol. The number of nitrogens with one attached hydrogen (secondary N) is 1. The van der Waals surface area contributed by atoms with Crippen LogP contribution in [0.25, 0.3) is 0 Å². The zero-order valence-corrected chi connectivity index (χ0v) is 10.1. The van der Waals surface area contributed by atoms with Crippen molar-refractivity contribution in [2.75, 3.05) is 0 Å². The van der Waals surface area contributed by atoms with E-state index in [1.165, 1.54) is 41.5 Å². The summed E-state index contributed by atoms with van der Waals surface area (Å²) in [5, 5.41) is 3.62. The van der Waals surface area contributed by atoms with Crippen LogP contribution in [0.1, 0.15) is 41.5 Å². The average molecular weight is 203 g/mol. The summed E-state index contributed by atoms with van der Waals surface area (Å²) in [5.74, 6) is 0. The maximum atomic E-state index is 3.62. The molecular weight excluding hydrogens is 182 g/mol. The van der Waals surface area contributed by atoms with Gasteiger partial charge in [0.25, 0.3) is 0 Å². The molecule has 1 aromatic rings. The maximum Gasteiger partial charge on any atom is 0.0210 e. The quantitative estimate of drug-likeness (QED) is 0.795. The fraction of sp³-hybridized carbons (Fsp3) is 0.571. The molecule has 1 heteroatoms. The highest BCUT2D eigenvalue weighted by molar-refractivity contribution is 5.36. The van der Waals surface area contributed by atoms with Gasteiger partial charge in [0.15, 0.2) is 0 Å². The van der Waals surface area contributed by atoms with E-state index in [2.05, 4.69) is 38.2 Å². The lowest BCUT2D eigenvalue weighted by Gasteiger charge is -2.27. The van der Waals surface area contributed by atoms with Crippen molar-refractivity contribution in [3.63, 3.8) is 0 Å². The fourth-order valence-corrected chi connectivity index (χ4v) is 2.08. The third-order valence-electron chi connectivity index (χ3n) is 3.64. The summed E-state index contributed by atoms with van der Waals surface area (Å²) in [6.07, 6.45) is 4.14. The lowest BCUT2D eigenvalue weighted by atomic mass is 9.92. The minimum Gasteiger partial charge on any atom is -0.310 e. The van der Waals surface area contributed by atoms with E-state index in [9.17, 15) is 0 Å². The Balaban J connectivity index is 2.03. The molecule has 1 saturated carbocycles. The summed E-state index contributed by atoms with van der Waals surface area (Å²) in [5.41, 5.74) is 5.70. The van der Waals surface area contributed by atoms with E-state index in [1.54, 1.807) is 0 Å². The fourth-order valence-electron chi connectivity index (χ4n) is 2.08. The average Bonchev–Trinajstić information content (AvgIpc) is 2.11. The van der Waals surface area contributed by atoms with Gasteiger partial charge in [0.2, 0.25) is 0 Å². The van der Waals surface area contributed by atoms with Gasteiger partial charge in [0.1, 0.15) is 0 Å². The highest BCUT2D eigenvalue weighted by Crippen LogP contribution is 2.20. The molecule has 0 spiro atoms. The van der Waals surface area contributed by atoms with Gasteiger partial charge in [-0.25, -0.2) is 0 Å². The third kappa shape index (κ3) is 2.40. The smallest absolute Gasteiger partial charge is 0.0210 e. The molecule has 0 aliphatic heterocycles. The van der Waals surface area contributed by atoms with Gasteiger partial charge in [0.05, 0.1) is 0 Å². The van der Waals surface area contributed by atoms with Gasteiger partial charge in [-0.1, -0.05) is 18.6 Å². The van der Waals surface area contributed by atoms with Crippen molar-refractivity contribution in [1.82, 2.24) is 5.32 Å². The van der Waals surface area contributed by atoms with Gasteiger partial charge < -0.3 is 5.32 Å². The summed E-state index contributed by atoms with van der Waals surface area (Å²) >= 11 is 0. The van der Waals surface area contributed by atoms with E-state index in [-0.39, 0.29) is 0 Å². The Labute approximate surface area is 92.9 Å². The van der Waals surface area contributed by atoms with E-state index in [0.717, 1.165) is 12.6 Å². The van der Waals surface area contributed by atoms with Crippen molar-refractivity contribution in [1.29, 1.82) is 0 Å². The van der Waals surface area contributed by atoms with Crippen LogP contribution in [0.5, 0.6) is 0 Å². The first-order valence-corrected chi connectivity index (χ1v) is 5.97. The van der Waals surface area contributed by atoms with E-state index in [1.807, 2.05) is 0 Å². The van der Waals surface area contributed by atoms with Crippen molar-refractivity contribution in [3.8, 4) is 0 Å². The molecule has 1 N–H and O–H groups in total. The lowest BCUT2D eigenvalue weighted by molar-refractivity contribution is 0.338. The third-order valence-corrected chi connectivity index (χ3v) is 3.64. The Bertz CT molecular complexity index is 351. The van der Waals surface area contributed by atoms with Gasteiger partial charge in [-0.3, -0.25) is 0 Å². The zero-order chi connectivity index (χ0) is 10.8. The first-order chi connectivity index (χ1) is 7.16. The topological polar surface area (TPSA) is 12.0 Å². The van der Waals surface area contributed by atoms with Crippen molar-refractivity contribution >= 4 is 0 Å². The number of hydrogen-bond donors (Lipinski definition) is 1. The predicted octanol–water partition coefficient (Wildman–Crippen LogP) is 3.25. The Morgan fingerprint density at radius 2 is 1.73 bits per heavy atom. The maximum absolute atomic E-state index is 3.62. The van der Waals surface area contributed by atoms with Crippen LogP contribution in [0, 0.1) is 20.8 Å². The molecule has 0 amide bonds. The summed E-state index contributed by atoms with van der Waals surface area (Å²) in [7, 11) is 0. The highest BCUT2D eigenvalue weighted by Gasteiger charge is 2.16. The summed E-state index contributed by atoms with van der Waals surface area (Å²) in [4.78, 5) is 0. The van der Waals surface area contributed by atoms with Crippen LogP contribution in [0.2, 0.25) is 0 Å². The van der Waals surface area contributed by atoms with Crippen LogP contribution < -0.4 is 5.32 Å². The summed E-state index contributed by atoms with van der Waals surface area (Å²) in [6.45, 7) is 7.63. The van der Waals surface area contributed by atoms with Crippen molar-refractivity contribution < 1.29 is 0 Å². The Morgan fingerprint density at radius 3 is 2.33 bits per heavy atom. The Morgan fingerprint density at radius 1 is 1.07 bits per heavy atom. The number of aryl methyl sites for hydroxylation is 3. The highest BCUT2D eigenvalue weighted by atomic mass is 14.9. The van der Waals surface area contributed by atoms with E-state index < -0.39 is 0 Å². The van der Waals surface area contributed by atoms with Gasteiger partial charge in [-0.2, -0.15) is 0 Å². The Hall–Kier alpha value is -0.820. The van der Waals surface area contributed by atoms with Crippen LogP contribution in [0.4, 0.5) is 0 Å². The molecule has 2 rings (SSSR count).